The molecule has 0 saturated carbocycles. The van der Waals surface area contributed by atoms with E-state index in [1.807, 2.05) is 30.3 Å². The number of aliphatic imine (C=N–C) groups is 1. The smallest absolute Gasteiger partial charge is 0.203 e. The molecule has 23 heavy (non-hydrogen) atoms. The van der Waals surface area contributed by atoms with Gasteiger partial charge in [0.25, 0.3) is 0 Å². The number of hydrogen-bond donors (Lipinski definition) is 1. The SMILES string of the molecule is CC1(C)CC(=O)C=C(NC(=Nc2ccccc2)N2CCCC2)C1. The van der Waals surface area contributed by atoms with Crippen LogP contribution in [0.1, 0.15) is 39.5 Å². The monoisotopic (exact) mass is 311 g/mol. The number of nitrogens with zero attached hydrogens (tertiary/aromatic N) is 2. The van der Waals surface area contributed by atoms with E-state index in [4.69, 9.17) is 4.99 Å². The molecule has 1 aliphatic carbocycles. The Morgan fingerprint density at radius 2 is 1.83 bits per heavy atom. The van der Waals surface area contributed by atoms with Gasteiger partial charge in [-0.3, -0.25) is 4.79 Å². The van der Waals surface area contributed by atoms with Crippen molar-refractivity contribution in [2.75, 3.05) is 13.1 Å². The average molecular weight is 311 g/mol. The molecule has 2 aliphatic rings. The zero-order valence-corrected chi connectivity index (χ0v) is 14.0. The zero-order chi connectivity index (χ0) is 16.3. The van der Waals surface area contributed by atoms with Crippen molar-refractivity contribution >= 4 is 17.4 Å². The highest BCUT2D eigenvalue weighted by Gasteiger charge is 2.28. The van der Waals surface area contributed by atoms with E-state index >= 15 is 0 Å². The van der Waals surface area contributed by atoms with Gasteiger partial charge in [-0.25, -0.2) is 4.99 Å². The summed E-state index contributed by atoms with van der Waals surface area (Å²) in [4.78, 5) is 19.0. The van der Waals surface area contributed by atoms with Crippen LogP contribution in [0.2, 0.25) is 0 Å². The Labute approximate surface area is 138 Å². The first kappa shape index (κ1) is 15.8. The largest absolute Gasteiger partial charge is 0.342 e. The van der Waals surface area contributed by atoms with Crippen molar-refractivity contribution in [3.63, 3.8) is 0 Å². The van der Waals surface area contributed by atoms with E-state index in [1.165, 1.54) is 12.8 Å². The van der Waals surface area contributed by atoms with Crippen LogP contribution in [0, 0.1) is 5.41 Å². The summed E-state index contributed by atoms with van der Waals surface area (Å²) < 4.78 is 0. The first-order chi connectivity index (χ1) is 11.0. The van der Waals surface area contributed by atoms with Gasteiger partial charge in [0.15, 0.2) is 5.78 Å². The van der Waals surface area contributed by atoms with Gasteiger partial charge in [-0.2, -0.15) is 0 Å². The van der Waals surface area contributed by atoms with Crippen molar-refractivity contribution in [3.05, 3.63) is 42.1 Å². The molecule has 0 unspecified atom stereocenters. The van der Waals surface area contributed by atoms with E-state index in [0.717, 1.165) is 36.9 Å². The molecule has 4 heteroatoms. The van der Waals surface area contributed by atoms with Gasteiger partial charge < -0.3 is 10.2 Å². The van der Waals surface area contributed by atoms with Crippen molar-refractivity contribution < 1.29 is 4.79 Å². The van der Waals surface area contributed by atoms with Crippen LogP contribution in [0.25, 0.3) is 0 Å². The van der Waals surface area contributed by atoms with E-state index in [9.17, 15) is 4.79 Å². The lowest BCUT2D eigenvalue weighted by Gasteiger charge is -2.31. The van der Waals surface area contributed by atoms with Crippen molar-refractivity contribution in [1.29, 1.82) is 0 Å². The standard InChI is InChI=1S/C19H25N3O/c1-19(2)13-16(12-17(23)14-19)21-18(22-10-6-7-11-22)20-15-8-4-3-5-9-15/h3-5,8-9,12H,6-7,10-11,13-14H2,1-2H3,(H,20,21). The molecule has 1 aromatic carbocycles. The Hall–Kier alpha value is -2.10. The summed E-state index contributed by atoms with van der Waals surface area (Å²) in [5, 5.41) is 3.45. The van der Waals surface area contributed by atoms with Gasteiger partial charge in [0, 0.05) is 31.3 Å². The third-order valence-electron chi connectivity index (χ3n) is 4.33. The predicted molar refractivity (Wildman–Crippen MR) is 93.6 cm³/mol. The Bertz CT molecular complexity index is 625. The topological polar surface area (TPSA) is 44.7 Å². The fourth-order valence-electron chi connectivity index (χ4n) is 3.30. The van der Waals surface area contributed by atoms with Crippen LogP contribution in [-0.2, 0) is 4.79 Å². The summed E-state index contributed by atoms with van der Waals surface area (Å²) in [6, 6.07) is 9.98. The van der Waals surface area contributed by atoms with Gasteiger partial charge in [-0.05, 0) is 36.8 Å². The maximum atomic E-state index is 12.0. The molecular weight excluding hydrogens is 286 g/mol. The van der Waals surface area contributed by atoms with Gasteiger partial charge in [0.2, 0.25) is 5.96 Å². The van der Waals surface area contributed by atoms with Crippen LogP contribution in [0.15, 0.2) is 47.1 Å². The fourth-order valence-corrected chi connectivity index (χ4v) is 3.30. The van der Waals surface area contributed by atoms with Crippen molar-refractivity contribution in [2.24, 2.45) is 10.4 Å². The number of carbonyl (C=O) groups is 1. The van der Waals surface area contributed by atoms with Gasteiger partial charge in [-0.1, -0.05) is 32.0 Å². The molecule has 1 aromatic rings. The molecule has 0 radical (unpaired) electrons. The third kappa shape index (κ3) is 4.21. The van der Waals surface area contributed by atoms with Gasteiger partial charge in [0.05, 0.1) is 5.69 Å². The van der Waals surface area contributed by atoms with E-state index < -0.39 is 0 Å². The lowest BCUT2D eigenvalue weighted by atomic mass is 9.79. The summed E-state index contributed by atoms with van der Waals surface area (Å²) >= 11 is 0. The highest BCUT2D eigenvalue weighted by molar-refractivity contribution is 5.93. The summed E-state index contributed by atoms with van der Waals surface area (Å²) in [6.45, 7) is 6.32. The summed E-state index contributed by atoms with van der Waals surface area (Å²) in [5.41, 5.74) is 1.92. The number of carbonyl (C=O) groups excluding carboxylic acids is 1. The molecule has 1 saturated heterocycles. The molecule has 0 spiro atoms. The molecule has 3 rings (SSSR count). The summed E-state index contributed by atoms with van der Waals surface area (Å²) in [6.07, 6.45) is 5.63. The number of ketones is 1. The minimum absolute atomic E-state index is 0.0109. The Morgan fingerprint density at radius 1 is 1.13 bits per heavy atom. The van der Waals surface area contributed by atoms with E-state index in [2.05, 4.69) is 24.1 Å². The molecule has 0 atom stereocenters. The molecule has 1 fully saturated rings. The second-order valence-electron chi connectivity index (χ2n) is 7.24. The molecule has 1 N–H and O–H groups in total. The predicted octanol–water partition coefficient (Wildman–Crippen LogP) is 3.63. The second-order valence-corrected chi connectivity index (χ2v) is 7.24. The summed E-state index contributed by atoms with van der Waals surface area (Å²) in [7, 11) is 0. The first-order valence-corrected chi connectivity index (χ1v) is 8.41. The van der Waals surface area contributed by atoms with Gasteiger partial charge >= 0.3 is 0 Å². The Kier molecular flexibility index (Phi) is 4.51. The molecule has 0 aromatic heterocycles. The normalized spacial score (nSPS) is 21.3. The number of allylic oxidation sites excluding steroid dienone is 2. The van der Waals surface area contributed by atoms with Crippen LogP contribution in [-0.4, -0.2) is 29.7 Å². The van der Waals surface area contributed by atoms with Crippen LogP contribution in [0.4, 0.5) is 5.69 Å². The van der Waals surface area contributed by atoms with Crippen LogP contribution in [0.5, 0.6) is 0 Å². The highest BCUT2D eigenvalue weighted by Crippen LogP contribution is 2.32. The molecule has 0 amide bonds. The highest BCUT2D eigenvalue weighted by atomic mass is 16.1. The van der Waals surface area contributed by atoms with Crippen LogP contribution in [0.3, 0.4) is 0 Å². The van der Waals surface area contributed by atoms with Crippen molar-refractivity contribution in [2.45, 2.75) is 39.5 Å². The van der Waals surface area contributed by atoms with E-state index in [-0.39, 0.29) is 11.2 Å². The molecule has 0 bridgehead atoms. The second kappa shape index (κ2) is 6.57. The molecule has 1 heterocycles. The number of nitrogens with one attached hydrogen (secondary N) is 1. The van der Waals surface area contributed by atoms with Crippen LogP contribution >= 0.6 is 0 Å². The Balaban J connectivity index is 1.84. The minimum atomic E-state index is 0.0109. The van der Waals surface area contributed by atoms with Gasteiger partial charge in [-0.15, -0.1) is 0 Å². The number of para-hydroxylation sites is 1. The first-order valence-electron chi connectivity index (χ1n) is 8.41. The van der Waals surface area contributed by atoms with Crippen molar-refractivity contribution in [1.82, 2.24) is 10.2 Å². The van der Waals surface area contributed by atoms with Crippen molar-refractivity contribution in [3.8, 4) is 0 Å². The van der Waals surface area contributed by atoms with Crippen LogP contribution < -0.4 is 5.32 Å². The average Bonchev–Trinajstić information content (AvgIpc) is 2.99. The number of benzene rings is 1. The molecule has 1 aliphatic heterocycles. The van der Waals surface area contributed by atoms with Gasteiger partial charge in [0.1, 0.15) is 0 Å². The lowest BCUT2D eigenvalue weighted by molar-refractivity contribution is -0.117. The lowest BCUT2D eigenvalue weighted by Crippen LogP contribution is -2.41. The zero-order valence-electron chi connectivity index (χ0n) is 14.0. The minimum Gasteiger partial charge on any atom is -0.342 e. The van der Waals surface area contributed by atoms with E-state index in [0.29, 0.717) is 6.42 Å². The Morgan fingerprint density at radius 3 is 2.48 bits per heavy atom. The van der Waals surface area contributed by atoms with E-state index in [1.54, 1.807) is 6.08 Å². The number of guanidine groups is 1. The number of rotatable bonds is 2. The molecule has 122 valence electrons. The molecule has 4 nitrogen and oxygen atoms in total. The third-order valence-corrected chi connectivity index (χ3v) is 4.33. The summed E-state index contributed by atoms with van der Waals surface area (Å²) in [5.74, 6) is 1.06. The maximum Gasteiger partial charge on any atom is 0.203 e. The molecular formula is C19H25N3O. The number of likely N-dealkylation sites (tertiary alicyclic amines) is 1. The maximum absolute atomic E-state index is 12.0. The quantitative estimate of drug-likeness (QED) is 0.670. The number of hydrogen-bond acceptors (Lipinski definition) is 2. The fraction of sp³-hybridized carbons (Fsp3) is 0.474.